The van der Waals surface area contributed by atoms with E-state index in [1.165, 1.54) is 4.90 Å². The molecule has 1 amide bonds. The van der Waals surface area contributed by atoms with Gasteiger partial charge in [0, 0.05) is 18.4 Å². The van der Waals surface area contributed by atoms with Gasteiger partial charge in [-0.1, -0.05) is 33.6 Å². The van der Waals surface area contributed by atoms with Gasteiger partial charge in [0.15, 0.2) is 0 Å². The molecule has 0 unspecified atom stereocenters. The van der Waals surface area contributed by atoms with Crippen LogP contribution in [0.1, 0.15) is 71.4 Å². The molecular formula is C32H41F2N3O6. The lowest BCUT2D eigenvalue weighted by Crippen LogP contribution is -2.46. The second-order valence-electron chi connectivity index (χ2n) is 13.1. The van der Waals surface area contributed by atoms with Crippen molar-refractivity contribution in [3.63, 3.8) is 0 Å². The number of esters is 1. The molecule has 5 rings (SSSR count). The van der Waals surface area contributed by atoms with Crippen molar-refractivity contribution < 1.29 is 37.4 Å². The molecule has 2 fully saturated rings. The maximum atomic E-state index is 14.0. The largest absolute Gasteiger partial charge is 0.497 e. The fourth-order valence-corrected chi connectivity index (χ4v) is 6.41. The number of benzene rings is 1. The highest BCUT2D eigenvalue weighted by Gasteiger charge is 2.50. The molecule has 2 aromatic rings. The van der Waals surface area contributed by atoms with Crippen LogP contribution in [-0.2, 0) is 25.5 Å². The van der Waals surface area contributed by atoms with E-state index in [1.807, 2.05) is 26.8 Å². The zero-order valence-corrected chi connectivity index (χ0v) is 25.3. The Kier molecular flexibility index (Phi) is 9.18. The predicted molar refractivity (Wildman–Crippen MR) is 154 cm³/mol. The molecule has 234 valence electrons. The number of aryl methyl sites for hydroxylation is 1. The Labute approximate surface area is 250 Å². The summed E-state index contributed by atoms with van der Waals surface area (Å²) in [6.45, 7) is 5.44. The number of fused-ring (bicyclic) bond motifs is 5. The first-order valence-corrected chi connectivity index (χ1v) is 15.2. The van der Waals surface area contributed by atoms with Crippen LogP contribution < -0.4 is 9.47 Å². The Morgan fingerprint density at radius 2 is 1.88 bits per heavy atom. The van der Waals surface area contributed by atoms with Crippen molar-refractivity contribution in [1.82, 2.24) is 14.9 Å². The van der Waals surface area contributed by atoms with E-state index < -0.39 is 54.1 Å². The van der Waals surface area contributed by atoms with Crippen LogP contribution in [0.3, 0.4) is 0 Å². The number of ether oxygens (including phenoxy) is 3. The molecule has 1 aliphatic carbocycles. The number of carbonyl (C=O) groups is 3. The van der Waals surface area contributed by atoms with Gasteiger partial charge in [0.2, 0.25) is 18.2 Å². The first-order chi connectivity index (χ1) is 20.5. The first-order valence-electron chi connectivity index (χ1n) is 15.2. The summed E-state index contributed by atoms with van der Waals surface area (Å²) in [5.74, 6) is -1.58. The van der Waals surface area contributed by atoms with Crippen LogP contribution >= 0.6 is 0 Å². The van der Waals surface area contributed by atoms with E-state index in [9.17, 15) is 23.2 Å². The molecule has 0 spiro atoms. The van der Waals surface area contributed by atoms with Crippen molar-refractivity contribution in [2.75, 3.05) is 13.7 Å². The highest BCUT2D eigenvalue weighted by atomic mass is 19.3. The summed E-state index contributed by atoms with van der Waals surface area (Å²) in [6, 6.07) is 4.20. The van der Waals surface area contributed by atoms with Crippen molar-refractivity contribution >= 4 is 29.2 Å². The van der Waals surface area contributed by atoms with E-state index in [1.54, 1.807) is 19.2 Å². The van der Waals surface area contributed by atoms with Crippen LogP contribution in [0.15, 0.2) is 18.2 Å². The summed E-state index contributed by atoms with van der Waals surface area (Å²) in [6.07, 6.45) is 0.990. The molecule has 2 bridgehead atoms. The molecule has 0 radical (unpaired) electrons. The van der Waals surface area contributed by atoms with Crippen LogP contribution in [0, 0.1) is 23.2 Å². The van der Waals surface area contributed by atoms with Gasteiger partial charge in [-0.25, -0.2) is 18.7 Å². The Balaban J connectivity index is 1.54. The number of hydrogen-bond acceptors (Lipinski definition) is 8. The third kappa shape index (κ3) is 7.07. The lowest BCUT2D eigenvalue weighted by Gasteiger charge is -2.34. The quantitative estimate of drug-likeness (QED) is 0.349. The normalized spacial score (nSPS) is 28.8. The fourth-order valence-electron chi connectivity index (χ4n) is 6.41. The minimum absolute atomic E-state index is 0.0940. The number of amides is 1. The van der Waals surface area contributed by atoms with E-state index in [-0.39, 0.29) is 24.9 Å². The van der Waals surface area contributed by atoms with Crippen molar-refractivity contribution in [1.29, 1.82) is 0 Å². The maximum absolute atomic E-state index is 14.0. The van der Waals surface area contributed by atoms with Crippen molar-refractivity contribution in [2.45, 2.75) is 96.8 Å². The van der Waals surface area contributed by atoms with Gasteiger partial charge in [0.05, 0.1) is 43.1 Å². The number of nitrogens with zero attached hydrogens (tertiary/aromatic N) is 3. The molecule has 43 heavy (non-hydrogen) atoms. The number of methoxy groups -OCH3 is 1. The molecule has 1 saturated carbocycles. The summed E-state index contributed by atoms with van der Waals surface area (Å²) in [5.41, 5.74) is 1.13. The average Bonchev–Trinajstić information content (AvgIpc) is 3.60. The molecule has 1 aromatic carbocycles. The lowest BCUT2D eigenvalue weighted by molar-refractivity contribution is -0.154. The first kappa shape index (κ1) is 31.1. The van der Waals surface area contributed by atoms with E-state index in [0.717, 1.165) is 32.1 Å². The Morgan fingerprint density at radius 1 is 1.09 bits per heavy atom. The van der Waals surface area contributed by atoms with Gasteiger partial charge in [-0.2, -0.15) is 0 Å². The topological polar surface area (TPSA) is 108 Å². The van der Waals surface area contributed by atoms with Crippen LogP contribution in [0.2, 0.25) is 0 Å². The molecule has 2 aliphatic heterocycles. The van der Waals surface area contributed by atoms with Gasteiger partial charge >= 0.3 is 5.97 Å². The maximum Gasteiger partial charge on any atom is 0.306 e. The molecular weight excluding hydrogens is 560 g/mol. The Hall–Kier alpha value is -3.37. The molecule has 3 aliphatic rings. The smallest absolute Gasteiger partial charge is 0.306 e. The Bertz CT molecular complexity index is 1350. The number of rotatable bonds is 4. The van der Waals surface area contributed by atoms with Gasteiger partial charge in [0.25, 0.3) is 0 Å². The highest BCUT2D eigenvalue weighted by Crippen LogP contribution is 2.41. The molecule has 9 nitrogen and oxygen atoms in total. The van der Waals surface area contributed by atoms with E-state index in [2.05, 4.69) is 0 Å². The van der Waals surface area contributed by atoms with E-state index in [4.69, 9.17) is 24.2 Å². The third-order valence-electron chi connectivity index (χ3n) is 9.04. The summed E-state index contributed by atoms with van der Waals surface area (Å²) >= 11 is 0. The second kappa shape index (κ2) is 12.7. The summed E-state index contributed by atoms with van der Waals surface area (Å²) in [4.78, 5) is 50.3. The number of aldehydes is 1. The van der Waals surface area contributed by atoms with Gasteiger partial charge in [-0.3, -0.25) is 9.59 Å². The third-order valence-corrected chi connectivity index (χ3v) is 9.04. The summed E-state index contributed by atoms with van der Waals surface area (Å²) < 4.78 is 45.2. The molecule has 1 aromatic heterocycles. The monoisotopic (exact) mass is 601 g/mol. The fraction of sp³-hybridized carbons (Fsp3) is 0.656. The highest BCUT2D eigenvalue weighted by molar-refractivity contribution is 5.87. The molecule has 11 heteroatoms. The average molecular weight is 602 g/mol. The number of aromatic nitrogens is 2. The Morgan fingerprint density at radius 3 is 2.58 bits per heavy atom. The molecule has 6 atom stereocenters. The number of alkyl halides is 2. The zero-order valence-electron chi connectivity index (χ0n) is 25.3. The van der Waals surface area contributed by atoms with Gasteiger partial charge in [-0.15, -0.1) is 0 Å². The van der Waals surface area contributed by atoms with Crippen LogP contribution in [0.25, 0.3) is 11.0 Å². The number of hydrogen-bond donors (Lipinski definition) is 0. The van der Waals surface area contributed by atoms with E-state index >= 15 is 0 Å². The van der Waals surface area contributed by atoms with Crippen molar-refractivity contribution in [2.24, 2.45) is 23.2 Å². The SMILES string of the molecule is COc1ccc2nc3c(nc2c1)O[C@H]1CN(C(=O)[C@H](C(C)(C)C)CC(=O)O[C@@H]2C[C@H]2CCCCC3)[C@H](C=O)[C@@H]1CC(F)F. The standard InChI is InChI=1S/C32H41F2N3O6/c1-32(2,3)21-15-29(39)42-26-12-18(26)8-6-5-7-9-23-30(36-24-13-19(41-4)10-11-22(24)35-23)43-27-16-37(31(21)40)25(17-38)20(27)14-28(33)34/h10-11,13,17-18,20-21,25-28H,5-9,12,14-16H2,1-4H3/t18-,20+,21-,25-,26-,27+/m1/s1. The lowest BCUT2D eigenvalue weighted by atomic mass is 9.77. The van der Waals surface area contributed by atoms with Gasteiger partial charge in [-0.05, 0) is 49.1 Å². The summed E-state index contributed by atoms with van der Waals surface area (Å²) in [7, 11) is 1.55. The molecule has 1 saturated heterocycles. The predicted octanol–water partition coefficient (Wildman–Crippen LogP) is 5.17. The summed E-state index contributed by atoms with van der Waals surface area (Å²) in [5, 5.41) is 0. The second-order valence-corrected chi connectivity index (χ2v) is 13.1. The minimum atomic E-state index is -2.72. The van der Waals surface area contributed by atoms with Crippen molar-refractivity contribution in [3.05, 3.63) is 23.9 Å². The van der Waals surface area contributed by atoms with Gasteiger partial charge < -0.3 is 23.9 Å². The van der Waals surface area contributed by atoms with Crippen LogP contribution in [-0.4, -0.2) is 71.4 Å². The zero-order chi connectivity index (χ0) is 30.9. The molecule has 0 N–H and O–H groups in total. The van der Waals surface area contributed by atoms with E-state index in [0.29, 0.717) is 41.1 Å². The minimum Gasteiger partial charge on any atom is -0.497 e. The number of halogens is 2. The van der Waals surface area contributed by atoms with Crippen LogP contribution in [0.5, 0.6) is 11.6 Å². The molecule has 3 heterocycles. The van der Waals surface area contributed by atoms with Crippen molar-refractivity contribution in [3.8, 4) is 11.6 Å². The van der Waals surface area contributed by atoms with Crippen LogP contribution in [0.4, 0.5) is 8.78 Å². The van der Waals surface area contributed by atoms with Gasteiger partial charge in [0.1, 0.15) is 29.9 Å². The number of carbonyl (C=O) groups excluding carboxylic acids is 3.